The summed E-state index contributed by atoms with van der Waals surface area (Å²) in [6.45, 7) is 2.73. The molecule has 126 valence electrons. The number of aromatic nitrogens is 3. The second kappa shape index (κ2) is 7.09. The zero-order chi connectivity index (χ0) is 17.8. The SMILES string of the molecule is Cc1cccc(CN(C)c2nccc(-c3cc(C(=O)O)ccn3)n2)c1. The van der Waals surface area contributed by atoms with Crippen LogP contribution in [0.4, 0.5) is 5.95 Å². The number of aromatic carboxylic acids is 1. The lowest BCUT2D eigenvalue weighted by atomic mass is 10.1. The molecule has 25 heavy (non-hydrogen) atoms. The predicted molar refractivity (Wildman–Crippen MR) is 95.5 cm³/mol. The number of nitrogens with zero attached hydrogens (tertiary/aromatic N) is 4. The molecule has 3 aromatic rings. The predicted octanol–water partition coefficient (Wildman–Crippen LogP) is 3.18. The molecule has 0 aliphatic heterocycles. The number of hydrogen-bond donors (Lipinski definition) is 1. The van der Waals surface area contributed by atoms with Gasteiger partial charge in [0.1, 0.15) is 0 Å². The van der Waals surface area contributed by atoms with Gasteiger partial charge in [-0.1, -0.05) is 29.8 Å². The molecule has 2 heterocycles. The highest BCUT2D eigenvalue weighted by Crippen LogP contribution is 2.19. The zero-order valence-electron chi connectivity index (χ0n) is 14.0. The molecular weight excluding hydrogens is 316 g/mol. The molecule has 0 fully saturated rings. The Bertz CT molecular complexity index is 911. The van der Waals surface area contributed by atoms with Gasteiger partial charge in [0.05, 0.1) is 17.0 Å². The molecule has 0 aliphatic rings. The molecule has 0 saturated carbocycles. The van der Waals surface area contributed by atoms with Gasteiger partial charge in [-0.05, 0) is 30.7 Å². The number of carboxylic acid groups (broad SMARTS) is 1. The summed E-state index contributed by atoms with van der Waals surface area (Å²) in [5.74, 6) is -0.434. The Balaban J connectivity index is 1.86. The first-order valence-electron chi connectivity index (χ1n) is 7.82. The zero-order valence-corrected chi connectivity index (χ0v) is 14.0. The molecule has 0 bridgehead atoms. The molecule has 0 aliphatic carbocycles. The van der Waals surface area contributed by atoms with Crippen molar-refractivity contribution in [2.75, 3.05) is 11.9 Å². The molecule has 0 radical (unpaired) electrons. The minimum absolute atomic E-state index is 0.179. The average Bonchev–Trinajstić information content (AvgIpc) is 2.62. The Hall–Kier alpha value is -3.28. The second-order valence-corrected chi connectivity index (χ2v) is 5.82. The highest BCUT2D eigenvalue weighted by atomic mass is 16.4. The van der Waals surface area contributed by atoms with Crippen LogP contribution in [0.3, 0.4) is 0 Å². The number of anilines is 1. The van der Waals surface area contributed by atoms with Gasteiger partial charge in [0.15, 0.2) is 0 Å². The third-order valence-electron chi connectivity index (χ3n) is 3.76. The van der Waals surface area contributed by atoms with Gasteiger partial charge in [0.2, 0.25) is 5.95 Å². The summed E-state index contributed by atoms with van der Waals surface area (Å²) in [5.41, 5.74) is 3.65. The molecule has 0 atom stereocenters. The molecule has 0 amide bonds. The minimum Gasteiger partial charge on any atom is -0.478 e. The highest BCUT2D eigenvalue weighted by molar-refractivity contribution is 5.88. The van der Waals surface area contributed by atoms with Crippen LogP contribution in [-0.2, 0) is 6.54 Å². The van der Waals surface area contributed by atoms with Crippen molar-refractivity contribution in [2.24, 2.45) is 0 Å². The number of benzene rings is 1. The number of carbonyl (C=O) groups is 1. The fourth-order valence-corrected chi connectivity index (χ4v) is 2.53. The van der Waals surface area contributed by atoms with Gasteiger partial charge in [-0.15, -0.1) is 0 Å². The van der Waals surface area contributed by atoms with Gasteiger partial charge in [-0.25, -0.2) is 14.8 Å². The van der Waals surface area contributed by atoms with Gasteiger partial charge in [0, 0.05) is 26.0 Å². The van der Waals surface area contributed by atoms with Gasteiger partial charge in [0.25, 0.3) is 0 Å². The molecule has 0 spiro atoms. The first-order valence-corrected chi connectivity index (χ1v) is 7.82. The van der Waals surface area contributed by atoms with E-state index in [0.717, 1.165) is 0 Å². The van der Waals surface area contributed by atoms with E-state index in [9.17, 15) is 4.79 Å². The molecule has 3 rings (SSSR count). The van der Waals surface area contributed by atoms with Crippen LogP contribution < -0.4 is 4.90 Å². The first-order chi connectivity index (χ1) is 12.0. The van der Waals surface area contributed by atoms with E-state index in [-0.39, 0.29) is 5.56 Å². The van der Waals surface area contributed by atoms with Crippen LogP contribution in [0.25, 0.3) is 11.4 Å². The van der Waals surface area contributed by atoms with Crippen LogP contribution in [0.1, 0.15) is 21.5 Å². The van der Waals surface area contributed by atoms with Crippen molar-refractivity contribution in [2.45, 2.75) is 13.5 Å². The Kier molecular flexibility index (Phi) is 4.70. The quantitative estimate of drug-likeness (QED) is 0.772. The third-order valence-corrected chi connectivity index (χ3v) is 3.76. The molecule has 0 saturated heterocycles. The average molecular weight is 334 g/mol. The lowest BCUT2D eigenvalue weighted by Crippen LogP contribution is -2.19. The van der Waals surface area contributed by atoms with E-state index in [1.54, 1.807) is 12.3 Å². The van der Waals surface area contributed by atoms with Crippen LogP contribution in [-0.4, -0.2) is 33.1 Å². The van der Waals surface area contributed by atoms with Gasteiger partial charge in [-0.3, -0.25) is 4.98 Å². The fourth-order valence-electron chi connectivity index (χ4n) is 2.53. The van der Waals surface area contributed by atoms with E-state index < -0.39 is 5.97 Å². The van der Waals surface area contributed by atoms with E-state index in [1.165, 1.54) is 29.5 Å². The summed E-state index contributed by atoms with van der Waals surface area (Å²) in [4.78, 5) is 26.1. The summed E-state index contributed by atoms with van der Waals surface area (Å²) in [6, 6.07) is 13.0. The van der Waals surface area contributed by atoms with Gasteiger partial charge < -0.3 is 10.0 Å². The van der Waals surface area contributed by atoms with Crippen molar-refractivity contribution >= 4 is 11.9 Å². The van der Waals surface area contributed by atoms with Crippen LogP contribution in [0.2, 0.25) is 0 Å². The van der Waals surface area contributed by atoms with Crippen molar-refractivity contribution in [1.82, 2.24) is 15.0 Å². The largest absolute Gasteiger partial charge is 0.478 e. The normalized spacial score (nSPS) is 10.5. The minimum atomic E-state index is -0.991. The third kappa shape index (κ3) is 3.98. The molecule has 2 aromatic heterocycles. The van der Waals surface area contributed by atoms with Gasteiger partial charge in [-0.2, -0.15) is 0 Å². The Morgan fingerprint density at radius 3 is 2.64 bits per heavy atom. The van der Waals surface area contributed by atoms with Crippen molar-refractivity contribution in [1.29, 1.82) is 0 Å². The summed E-state index contributed by atoms with van der Waals surface area (Å²) in [7, 11) is 1.92. The number of aryl methyl sites for hydroxylation is 1. The van der Waals surface area contributed by atoms with Crippen molar-refractivity contribution < 1.29 is 9.90 Å². The topological polar surface area (TPSA) is 79.2 Å². The Morgan fingerprint density at radius 2 is 1.88 bits per heavy atom. The molecule has 6 heteroatoms. The maximum absolute atomic E-state index is 11.1. The maximum Gasteiger partial charge on any atom is 0.335 e. The molecule has 1 aromatic carbocycles. The molecule has 0 unspecified atom stereocenters. The van der Waals surface area contributed by atoms with Crippen LogP contribution in [0.5, 0.6) is 0 Å². The van der Waals surface area contributed by atoms with Crippen LogP contribution in [0, 0.1) is 6.92 Å². The smallest absolute Gasteiger partial charge is 0.335 e. The number of hydrogen-bond acceptors (Lipinski definition) is 5. The van der Waals surface area contributed by atoms with Crippen molar-refractivity contribution in [3.63, 3.8) is 0 Å². The summed E-state index contributed by atoms with van der Waals surface area (Å²) >= 11 is 0. The van der Waals surface area contributed by atoms with E-state index in [1.807, 2.05) is 18.0 Å². The van der Waals surface area contributed by atoms with E-state index >= 15 is 0 Å². The molecule has 1 N–H and O–H groups in total. The first kappa shape index (κ1) is 16.6. The summed E-state index contributed by atoms with van der Waals surface area (Å²) in [6.07, 6.45) is 3.12. The summed E-state index contributed by atoms with van der Waals surface area (Å²) in [5, 5.41) is 9.12. The Labute approximate surface area is 145 Å². The van der Waals surface area contributed by atoms with Crippen molar-refractivity contribution in [3.05, 3.63) is 71.5 Å². The highest BCUT2D eigenvalue weighted by Gasteiger charge is 2.10. The van der Waals surface area contributed by atoms with E-state index in [0.29, 0.717) is 23.9 Å². The van der Waals surface area contributed by atoms with E-state index in [2.05, 4.69) is 40.1 Å². The van der Waals surface area contributed by atoms with Gasteiger partial charge >= 0.3 is 5.97 Å². The maximum atomic E-state index is 11.1. The molecular formula is C19H18N4O2. The Morgan fingerprint density at radius 1 is 1.08 bits per heavy atom. The fraction of sp³-hybridized carbons (Fsp3) is 0.158. The van der Waals surface area contributed by atoms with Crippen LogP contribution >= 0.6 is 0 Å². The van der Waals surface area contributed by atoms with E-state index in [4.69, 9.17) is 5.11 Å². The van der Waals surface area contributed by atoms with Crippen molar-refractivity contribution in [3.8, 4) is 11.4 Å². The lowest BCUT2D eigenvalue weighted by molar-refractivity contribution is 0.0697. The molecule has 6 nitrogen and oxygen atoms in total. The van der Waals surface area contributed by atoms with Crippen LogP contribution in [0.15, 0.2) is 54.9 Å². The number of rotatable bonds is 5. The summed E-state index contributed by atoms with van der Waals surface area (Å²) < 4.78 is 0. The monoisotopic (exact) mass is 334 g/mol. The number of carboxylic acids is 1. The number of pyridine rings is 1. The second-order valence-electron chi connectivity index (χ2n) is 5.82. The standard InChI is InChI=1S/C19H18N4O2/c1-13-4-3-5-14(10-13)12-23(2)19-21-9-7-16(22-19)17-11-15(18(24)25)6-8-20-17/h3-11H,12H2,1-2H3,(H,24,25). The lowest BCUT2D eigenvalue weighted by Gasteiger charge is -2.17.